The Morgan fingerprint density at radius 1 is 1.40 bits per heavy atom. The highest BCUT2D eigenvalue weighted by atomic mass is 16.7. The Bertz CT molecular complexity index is 217. The van der Waals surface area contributed by atoms with Gasteiger partial charge in [-0.2, -0.15) is 0 Å². The second-order valence-electron chi connectivity index (χ2n) is 5.33. The van der Waals surface area contributed by atoms with Gasteiger partial charge in [-0.15, -0.1) is 0 Å². The van der Waals surface area contributed by atoms with Crippen molar-refractivity contribution in [1.82, 2.24) is 5.48 Å². The molecule has 0 aromatic carbocycles. The Balaban J connectivity index is 2.29. The molecule has 0 saturated heterocycles. The summed E-state index contributed by atoms with van der Waals surface area (Å²) in [6.07, 6.45) is 4.62. The van der Waals surface area contributed by atoms with Crippen molar-refractivity contribution in [2.75, 3.05) is 0 Å². The highest BCUT2D eigenvalue weighted by molar-refractivity contribution is 5.81. The first-order valence-corrected chi connectivity index (χ1v) is 5.62. The molecule has 0 spiro atoms. The van der Waals surface area contributed by atoms with Crippen LogP contribution in [0.1, 0.15) is 46.5 Å². The Hall–Kier alpha value is -0.610. The average Bonchev–Trinajstić information content (AvgIpc) is 2.63. The van der Waals surface area contributed by atoms with E-state index in [0.717, 1.165) is 12.8 Å². The van der Waals surface area contributed by atoms with Crippen LogP contribution in [0.3, 0.4) is 0 Å². The summed E-state index contributed by atoms with van der Waals surface area (Å²) in [5.41, 5.74) is 8.02. The van der Waals surface area contributed by atoms with Crippen molar-refractivity contribution in [3.63, 3.8) is 0 Å². The Labute approximate surface area is 91.5 Å². The number of amides is 1. The van der Waals surface area contributed by atoms with Crippen molar-refractivity contribution in [3.05, 3.63) is 0 Å². The number of hydrogen-bond donors (Lipinski definition) is 2. The molecule has 4 nitrogen and oxygen atoms in total. The van der Waals surface area contributed by atoms with E-state index in [2.05, 4.69) is 5.48 Å². The summed E-state index contributed by atoms with van der Waals surface area (Å²) in [5.74, 6) is -0.227. The monoisotopic (exact) mass is 214 g/mol. The largest absolute Gasteiger partial charge is 0.319 e. The molecular formula is C11H22N2O2. The third-order valence-electron chi connectivity index (χ3n) is 2.84. The summed E-state index contributed by atoms with van der Waals surface area (Å²) in [6, 6.07) is -0.529. The molecule has 1 fully saturated rings. The van der Waals surface area contributed by atoms with Crippen molar-refractivity contribution in [2.24, 2.45) is 11.1 Å². The molecule has 1 saturated carbocycles. The number of hydroxylamine groups is 1. The van der Waals surface area contributed by atoms with E-state index in [9.17, 15) is 4.79 Å². The number of carbonyl (C=O) groups excluding carboxylic acids is 1. The topological polar surface area (TPSA) is 64.4 Å². The van der Waals surface area contributed by atoms with Crippen LogP contribution in [-0.4, -0.2) is 18.1 Å². The van der Waals surface area contributed by atoms with Crippen LogP contribution in [0.4, 0.5) is 0 Å². The quantitative estimate of drug-likeness (QED) is 0.697. The summed E-state index contributed by atoms with van der Waals surface area (Å²) in [4.78, 5) is 16.9. The maximum atomic E-state index is 11.6. The molecule has 0 aromatic rings. The molecule has 0 bridgehead atoms. The van der Waals surface area contributed by atoms with Gasteiger partial charge in [-0.1, -0.05) is 33.6 Å². The predicted octanol–water partition coefficient (Wildman–Crippen LogP) is 1.35. The van der Waals surface area contributed by atoms with Crippen LogP contribution in [0.25, 0.3) is 0 Å². The predicted molar refractivity (Wildman–Crippen MR) is 58.9 cm³/mol. The van der Waals surface area contributed by atoms with Crippen LogP contribution in [0.5, 0.6) is 0 Å². The fourth-order valence-corrected chi connectivity index (χ4v) is 1.60. The van der Waals surface area contributed by atoms with E-state index in [1.807, 2.05) is 20.8 Å². The second-order valence-corrected chi connectivity index (χ2v) is 5.33. The minimum absolute atomic E-state index is 0.182. The van der Waals surface area contributed by atoms with Crippen molar-refractivity contribution in [3.8, 4) is 0 Å². The zero-order valence-corrected chi connectivity index (χ0v) is 9.88. The van der Waals surface area contributed by atoms with E-state index in [1.54, 1.807) is 0 Å². The number of nitrogens with two attached hydrogens (primary N) is 1. The van der Waals surface area contributed by atoms with Crippen molar-refractivity contribution >= 4 is 5.91 Å². The summed E-state index contributed by atoms with van der Waals surface area (Å²) < 4.78 is 0. The van der Waals surface area contributed by atoms with Gasteiger partial charge in [0.1, 0.15) is 0 Å². The molecule has 4 heteroatoms. The third kappa shape index (κ3) is 3.80. The van der Waals surface area contributed by atoms with E-state index in [1.165, 1.54) is 12.8 Å². The van der Waals surface area contributed by atoms with Crippen LogP contribution in [-0.2, 0) is 9.63 Å². The summed E-state index contributed by atoms with van der Waals surface area (Å²) >= 11 is 0. The van der Waals surface area contributed by atoms with Gasteiger partial charge in [-0.25, -0.2) is 5.48 Å². The molecule has 88 valence electrons. The molecule has 1 amide bonds. The Morgan fingerprint density at radius 3 is 2.40 bits per heavy atom. The lowest BCUT2D eigenvalue weighted by Crippen LogP contribution is -2.49. The molecule has 0 aromatic heterocycles. The summed E-state index contributed by atoms with van der Waals surface area (Å²) in [7, 11) is 0. The van der Waals surface area contributed by atoms with Gasteiger partial charge in [-0.05, 0) is 18.3 Å². The molecule has 1 unspecified atom stereocenters. The number of nitrogens with one attached hydrogen (secondary N) is 1. The van der Waals surface area contributed by atoms with Crippen LogP contribution in [0, 0.1) is 5.41 Å². The zero-order valence-electron chi connectivity index (χ0n) is 9.88. The minimum Gasteiger partial charge on any atom is -0.319 e. The second kappa shape index (κ2) is 4.94. The molecule has 0 heterocycles. The smallest absolute Gasteiger partial charge is 0.260 e. The maximum absolute atomic E-state index is 11.6. The van der Waals surface area contributed by atoms with E-state index >= 15 is 0 Å². The molecule has 1 atom stereocenters. The highest BCUT2D eigenvalue weighted by Crippen LogP contribution is 2.21. The molecule has 0 aliphatic heterocycles. The highest BCUT2D eigenvalue weighted by Gasteiger charge is 2.28. The van der Waals surface area contributed by atoms with Gasteiger partial charge >= 0.3 is 0 Å². The van der Waals surface area contributed by atoms with Gasteiger partial charge in [0.05, 0.1) is 12.1 Å². The fraction of sp³-hybridized carbons (Fsp3) is 0.909. The summed E-state index contributed by atoms with van der Waals surface area (Å²) in [5, 5.41) is 0. The van der Waals surface area contributed by atoms with Gasteiger partial charge in [0.25, 0.3) is 5.91 Å². The number of rotatable bonds is 3. The van der Waals surface area contributed by atoms with Crippen LogP contribution in [0.2, 0.25) is 0 Å². The van der Waals surface area contributed by atoms with Crippen LogP contribution < -0.4 is 11.2 Å². The molecule has 1 rings (SSSR count). The van der Waals surface area contributed by atoms with Gasteiger partial charge in [0.2, 0.25) is 0 Å². The van der Waals surface area contributed by atoms with Gasteiger partial charge in [-0.3, -0.25) is 9.63 Å². The molecule has 15 heavy (non-hydrogen) atoms. The lowest BCUT2D eigenvalue weighted by molar-refractivity contribution is -0.141. The minimum atomic E-state index is -0.529. The molecule has 1 aliphatic rings. The Kier molecular flexibility index (Phi) is 4.11. The molecule has 3 N–H and O–H groups in total. The third-order valence-corrected chi connectivity index (χ3v) is 2.84. The lowest BCUT2D eigenvalue weighted by Gasteiger charge is -2.26. The van der Waals surface area contributed by atoms with Crippen LogP contribution >= 0.6 is 0 Å². The SMILES string of the molecule is CC(C)(C)C(N)C(=O)NOC1CCCC1. The molecule has 0 radical (unpaired) electrons. The average molecular weight is 214 g/mol. The number of hydrogen-bond acceptors (Lipinski definition) is 3. The maximum Gasteiger partial charge on any atom is 0.260 e. The van der Waals surface area contributed by atoms with Gasteiger partial charge in [0.15, 0.2) is 0 Å². The first kappa shape index (κ1) is 12.5. The summed E-state index contributed by atoms with van der Waals surface area (Å²) in [6.45, 7) is 5.81. The first-order chi connectivity index (χ1) is 6.91. The van der Waals surface area contributed by atoms with E-state index < -0.39 is 6.04 Å². The van der Waals surface area contributed by atoms with Crippen molar-refractivity contribution in [1.29, 1.82) is 0 Å². The van der Waals surface area contributed by atoms with Crippen molar-refractivity contribution in [2.45, 2.75) is 58.6 Å². The van der Waals surface area contributed by atoms with E-state index in [4.69, 9.17) is 10.6 Å². The standard InChI is InChI=1S/C11H22N2O2/c1-11(2,3)9(12)10(14)13-15-8-6-4-5-7-8/h8-9H,4-7,12H2,1-3H3,(H,13,14). The zero-order chi connectivity index (χ0) is 11.5. The van der Waals surface area contributed by atoms with E-state index in [-0.39, 0.29) is 17.4 Å². The Morgan fingerprint density at radius 2 is 1.93 bits per heavy atom. The van der Waals surface area contributed by atoms with Gasteiger partial charge in [0, 0.05) is 0 Å². The number of carbonyl (C=O) groups is 1. The normalized spacial score (nSPS) is 20.3. The molecular weight excluding hydrogens is 192 g/mol. The van der Waals surface area contributed by atoms with E-state index in [0.29, 0.717) is 0 Å². The first-order valence-electron chi connectivity index (χ1n) is 5.62. The van der Waals surface area contributed by atoms with Gasteiger partial charge < -0.3 is 5.73 Å². The van der Waals surface area contributed by atoms with Crippen molar-refractivity contribution < 1.29 is 9.63 Å². The molecule has 1 aliphatic carbocycles. The fourth-order valence-electron chi connectivity index (χ4n) is 1.60. The lowest BCUT2D eigenvalue weighted by atomic mass is 9.87. The van der Waals surface area contributed by atoms with Crippen LogP contribution in [0.15, 0.2) is 0 Å².